The number of ketones is 1. The Labute approximate surface area is 169 Å². The first-order valence-corrected chi connectivity index (χ1v) is 9.59. The van der Waals surface area contributed by atoms with E-state index in [4.69, 9.17) is 5.26 Å². The van der Waals surface area contributed by atoms with Gasteiger partial charge in [0.2, 0.25) is 0 Å². The molecule has 3 aliphatic carbocycles. The Morgan fingerprint density at radius 1 is 0.852 bits per heavy atom. The van der Waals surface area contributed by atoms with E-state index in [1.165, 1.54) is 24.5 Å². The van der Waals surface area contributed by atoms with Crippen LogP contribution in [0.25, 0.3) is 0 Å². The standard InChI is InChI=1S/C10H12O.C5H5.C2H3N.F6P.Ru/c1-6-8-4-3-5-9(8)7(2)10(6)11;1-2-4-5-3-1;1-2-3;1-7(2,3,4,5)6;/h3-5H2,1-2H3;1-5H;1H3;;/q;;;-1;+1. The molecule has 2 fully saturated rings. The van der Waals surface area contributed by atoms with Crippen LogP contribution in [-0.2, 0) is 24.3 Å². The number of carbonyl (C=O) groups excluding carboxylic acids is 1. The van der Waals surface area contributed by atoms with E-state index in [2.05, 4.69) is 0 Å². The molecule has 0 aromatic carbocycles. The molecular weight excluding hydrogens is 480 g/mol. The fraction of sp³-hybridized carbons (Fsp3) is 0.353. The van der Waals surface area contributed by atoms with Crippen molar-refractivity contribution in [3.63, 3.8) is 0 Å². The number of nitriles is 1. The summed E-state index contributed by atoms with van der Waals surface area (Å²) >= 11 is 0. The third kappa shape index (κ3) is 14.9. The van der Waals surface area contributed by atoms with Crippen molar-refractivity contribution in [2.75, 3.05) is 0 Å². The summed E-state index contributed by atoms with van der Waals surface area (Å²) in [7, 11) is -10.7. The maximum atomic E-state index is 11.4. The van der Waals surface area contributed by atoms with Crippen LogP contribution in [0.5, 0.6) is 0 Å². The molecule has 2 saturated carbocycles. The van der Waals surface area contributed by atoms with E-state index in [0.29, 0.717) is 0 Å². The first-order valence-electron chi connectivity index (χ1n) is 7.57. The van der Waals surface area contributed by atoms with Crippen molar-refractivity contribution in [3.05, 3.63) is 54.4 Å². The molecule has 3 rings (SSSR count). The van der Waals surface area contributed by atoms with Gasteiger partial charge in [-0.05, 0) is 76.4 Å². The van der Waals surface area contributed by atoms with E-state index in [-0.39, 0.29) is 25.3 Å². The topological polar surface area (TPSA) is 40.9 Å². The third-order valence-corrected chi connectivity index (χ3v) is 3.36. The van der Waals surface area contributed by atoms with Gasteiger partial charge in [-0.25, -0.2) is 0 Å². The van der Waals surface area contributed by atoms with E-state index in [0.717, 1.165) is 24.0 Å². The van der Waals surface area contributed by atoms with Crippen molar-refractivity contribution in [1.29, 1.82) is 5.26 Å². The van der Waals surface area contributed by atoms with Crippen molar-refractivity contribution in [2.24, 2.45) is 0 Å². The van der Waals surface area contributed by atoms with Gasteiger partial charge in [0.05, 0.1) is 6.07 Å². The predicted molar refractivity (Wildman–Crippen MR) is 90.6 cm³/mol. The van der Waals surface area contributed by atoms with Crippen LogP contribution in [0.1, 0.15) is 40.0 Å². The largest absolute Gasteiger partial charge is 1.00 e. The van der Waals surface area contributed by atoms with Gasteiger partial charge in [0, 0.05) is 18.1 Å². The molecule has 0 amide bonds. The zero-order chi connectivity index (χ0) is 20.7. The number of halogens is 6. The summed E-state index contributed by atoms with van der Waals surface area (Å²) in [5.74, 6) is 0.287. The van der Waals surface area contributed by atoms with Crippen LogP contribution in [0.4, 0.5) is 25.2 Å². The minimum Gasteiger partial charge on any atom is -0.0312 e. The molecule has 0 spiro atoms. The second-order valence-electron chi connectivity index (χ2n) is 5.53. The minimum atomic E-state index is -10.7. The van der Waals surface area contributed by atoms with Gasteiger partial charge < -0.3 is 0 Å². The Morgan fingerprint density at radius 3 is 1.30 bits per heavy atom. The van der Waals surface area contributed by atoms with Crippen LogP contribution in [-0.4, -0.2) is 5.78 Å². The third-order valence-electron chi connectivity index (χ3n) is 3.36. The van der Waals surface area contributed by atoms with Crippen molar-refractivity contribution in [3.8, 4) is 6.07 Å². The van der Waals surface area contributed by atoms with Crippen LogP contribution in [0.3, 0.4) is 0 Å². The van der Waals surface area contributed by atoms with Gasteiger partial charge in [-0.1, -0.05) is 0 Å². The molecule has 2 nitrogen and oxygen atoms in total. The van der Waals surface area contributed by atoms with Gasteiger partial charge >= 0.3 is 52.5 Å². The second kappa shape index (κ2) is 10.2. The van der Waals surface area contributed by atoms with E-state index in [1.54, 1.807) is 6.07 Å². The normalized spacial score (nSPS) is 20.4. The van der Waals surface area contributed by atoms with E-state index in [1.807, 2.05) is 46.0 Å². The molecule has 27 heavy (non-hydrogen) atoms. The van der Waals surface area contributed by atoms with Crippen LogP contribution in [0, 0.1) is 43.4 Å². The van der Waals surface area contributed by atoms with Gasteiger partial charge in [-0.2, -0.15) is 5.26 Å². The smallest absolute Gasteiger partial charge is 0.0312 e. The van der Waals surface area contributed by atoms with E-state index >= 15 is 0 Å². The molecule has 0 bridgehead atoms. The number of Topliss-reactive ketones (excluding diaryl/α,β-unsaturated/α-hetero) is 1. The van der Waals surface area contributed by atoms with Crippen molar-refractivity contribution >= 4 is 13.6 Å². The van der Waals surface area contributed by atoms with E-state index < -0.39 is 7.81 Å². The number of rotatable bonds is 0. The molecule has 3 aliphatic rings. The number of nitrogens with zero attached hydrogens (tertiary/aromatic N) is 1. The number of hydrogen-bond donors (Lipinski definition) is 0. The fourth-order valence-electron chi connectivity index (χ4n) is 2.45. The molecule has 6 radical (unpaired) electrons. The summed E-state index contributed by atoms with van der Waals surface area (Å²) < 4.78 is 59.2. The maximum Gasteiger partial charge on any atom is 1.00 e. The summed E-state index contributed by atoms with van der Waals surface area (Å²) in [6.45, 7) is 5.35. The number of carbonyl (C=O) groups is 1. The Kier molecular flexibility index (Phi) is 10.7. The van der Waals surface area contributed by atoms with Crippen LogP contribution in [0.2, 0.25) is 0 Å². The van der Waals surface area contributed by atoms with Crippen LogP contribution < -0.4 is 0 Å². The van der Waals surface area contributed by atoms with Gasteiger partial charge in [0.1, 0.15) is 0 Å². The number of allylic oxidation sites excluding steroid dienone is 4. The van der Waals surface area contributed by atoms with Crippen LogP contribution >= 0.6 is 7.81 Å². The Morgan fingerprint density at radius 2 is 1.07 bits per heavy atom. The van der Waals surface area contributed by atoms with Crippen molar-refractivity contribution < 1.29 is 49.5 Å². The molecule has 0 saturated heterocycles. The first kappa shape index (κ1) is 28.5. The maximum absolute atomic E-state index is 11.4. The average Bonchev–Trinajstić information content (AvgIpc) is 3.18. The summed E-state index contributed by atoms with van der Waals surface area (Å²) in [6.07, 6.45) is 13.5. The molecule has 0 aromatic rings. The van der Waals surface area contributed by atoms with Gasteiger partial charge in [-0.15, -0.1) is 0 Å². The van der Waals surface area contributed by atoms with Gasteiger partial charge in [-0.3, -0.25) is 4.79 Å². The monoisotopic (exact) mass is 501 g/mol. The summed E-state index contributed by atoms with van der Waals surface area (Å²) in [4.78, 5) is 11.4. The molecule has 0 aliphatic heterocycles. The Hall–Kier alpha value is -0.727. The second-order valence-corrected chi connectivity index (χ2v) is 7.45. The SMILES string of the molecule is CC#N.CC1=C2CCCC2=C(C)C1=O.F[P-](F)(F)(F)(F)F.[CH]1[CH][CH][CH][CH]1.[Ru+]. The van der Waals surface area contributed by atoms with Gasteiger partial charge in [0.15, 0.2) is 5.78 Å². The van der Waals surface area contributed by atoms with Crippen molar-refractivity contribution in [1.82, 2.24) is 0 Å². The zero-order valence-electron chi connectivity index (χ0n) is 14.9. The first-order chi connectivity index (χ1) is 11.6. The number of fused-ring (bicyclic) bond motifs is 1. The Bertz CT molecular complexity index is 581. The molecule has 0 aromatic heterocycles. The van der Waals surface area contributed by atoms with E-state index in [9.17, 15) is 30.0 Å². The summed E-state index contributed by atoms with van der Waals surface area (Å²) in [6, 6.07) is 1.75. The Balaban J connectivity index is 0. The molecule has 10 heteroatoms. The predicted octanol–water partition coefficient (Wildman–Crippen LogP) is 7.32. The van der Waals surface area contributed by atoms with Crippen LogP contribution in [0.15, 0.2) is 22.3 Å². The average molecular weight is 500 g/mol. The molecule has 0 unspecified atom stereocenters. The van der Waals surface area contributed by atoms with Gasteiger partial charge in [0.25, 0.3) is 0 Å². The van der Waals surface area contributed by atoms with Crippen molar-refractivity contribution in [2.45, 2.75) is 40.0 Å². The fourth-order valence-corrected chi connectivity index (χ4v) is 2.45. The molecular formula is C17H20F6NOPRu. The summed E-state index contributed by atoms with van der Waals surface area (Å²) in [5, 5.41) is 7.32. The zero-order valence-corrected chi connectivity index (χ0v) is 17.6. The molecule has 0 N–H and O–H groups in total. The summed E-state index contributed by atoms with van der Waals surface area (Å²) in [5.41, 5.74) is 4.73. The quantitative estimate of drug-likeness (QED) is 0.199. The minimum absolute atomic E-state index is 0. The molecule has 0 heterocycles. The number of hydrogen-bond acceptors (Lipinski definition) is 2. The molecule has 154 valence electrons. The molecule has 0 atom stereocenters.